The zero-order chi connectivity index (χ0) is 24.1. The summed E-state index contributed by atoms with van der Waals surface area (Å²) in [6, 6.07) is 11.3. The molecule has 34 heavy (non-hydrogen) atoms. The molecule has 1 amide bonds. The summed E-state index contributed by atoms with van der Waals surface area (Å²) >= 11 is 0. The molecule has 2 aromatic carbocycles. The lowest BCUT2D eigenvalue weighted by Crippen LogP contribution is -2.42. The van der Waals surface area contributed by atoms with Crippen LogP contribution in [0.1, 0.15) is 28.8 Å². The molecule has 0 aliphatic carbocycles. The number of nitrogens with two attached hydrogens (primary N) is 1. The molecule has 0 saturated carbocycles. The highest BCUT2D eigenvalue weighted by Crippen LogP contribution is 2.31. The lowest BCUT2D eigenvalue weighted by atomic mass is 10.0. The summed E-state index contributed by atoms with van der Waals surface area (Å²) in [7, 11) is -8.03. The van der Waals surface area contributed by atoms with E-state index in [1.54, 1.807) is 12.1 Å². The van der Waals surface area contributed by atoms with Crippen molar-refractivity contribution >= 4 is 31.6 Å². The van der Waals surface area contributed by atoms with Crippen LogP contribution in [0.15, 0.2) is 47.4 Å². The number of hydrogen-bond donors (Lipinski definition) is 2. The Bertz CT molecular complexity index is 1490. The van der Waals surface area contributed by atoms with Crippen molar-refractivity contribution in [3.8, 4) is 11.4 Å². The summed E-state index contributed by atoms with van der Waals surface area (Å²) in [5.74, 6) is -0.256. The maximum atomic E-state index is 13.2. The highest BCUT2D eigenvalue weighted by atomic mass is 32.2. The summed E-state index contributed by atoms with van der Waals surface area (Å²) in [5, 5.41) is 18.7. The maximum absolute atomic E-state index is 13.2. The summed E-state index contributed by atoms with van der Waals surface area (Å²) in [6.45, 7) is 1.41. The van der Waals surface area contributed by atoms with Crippen LogP contribution in [0.5, 0.6) is 0 Å². The smallest absolute Gasteiger partial charge is 0.274 e. The van der Waals surface area contributed by atoms with Gasteiger partial charge in [0.15, 0.2) is 0 Å². The molecule has 2 aliphatic rings. The molecular weight excluding hydrogens is 482 g/mol. The average Bonchev–Trinajstić information content (AvgIpc) is 3.47. The summed E-state index contributed by atoms with van der Waals surface area (Å²) in [5.41, 5.74) is 2.56. The molecule has 1 aromatic heterocycles. The van der Waals surface area contributed by atoms with Crippen LogP contribution < -0.4 is 15.4 Å². The van der Waals surface area contributed by atoms with Crippen LogP contribution in [-0.4, -0.2) is 60.7 Å². The number of amides is 1. The van der Waals surface area contributed by atoms with Crippen molar-refractivity contribution in [1.82, 2.24) is 24.9 Å². The SMILES string of the molecule is NS(=O)(=O)c1ccccc1-c1nnn(S(=O)(=O)C2CCN(c3cccc4c3CNC4=O)CC2)n1. The molecular formula is C20H21N7O5S2. The fourth-order valence-electron chi connectivity index (χ4n) is 4.38. The minimum Gasteiger partial charge on any atom is -0.371 e. The molecule has 3 N–H and O–H groups in total. The average molecular weight is 504 g/mol. The molecule has 1 fully saturated rings. The van der Waals surface area contributed by atoms with Crippen LogP contribution >= 0.6 is 0 Å². The van der Waals surface area contributed by atoms with Crippen LogP contribution in [0.4, 0.5) is 5.69 Å². The van der Waals surface area contributed by atoms with Crippen molar-refractivity contribution in [3.63, 3.8) is 0 Å². The second kappa shape index (κ2) is 8.14. The summed E-state index contributed by atoms with van der Waals surface area (Å²) in [6.07, 6.45) is 0.663. The second-order valence-electron chi connectivity index (χ2n) is 8.09. The monoisotopic (exact) mass is 503 g/mol. The molecule has 0 radical (unpaired) electrons. The lowest BCUT2D eigenvalue weighted by Gasteiger charge is -2.33. The first kappa shape index (κ1) is 22.4. The molecule has 3 heterocycles. The summed E-state index contributed by atoms with van der Waals surface area (Å²) in [4.78, 5) is 13.8. The van der Waals surface area contributed by atoms with Gasteiger partial charge in [-0.15, -0.1) is 10.2 Å². The number of fused-ring (bicyclic) bond motifs is 1. The molecule has 14 heteroatoms. The van der Waals surface area contributed by atoms with Gasteiger partial charge < -0.3 is 10.2 Å². The number of tetrazole rings is 1. The van der Waals surface area contributed by atoms with E-state index in [9.17, 15) is 21.6 Å². The number of carbonyl (C=O) groups excluding carboxylic acids is 1. The van der Waals surface area contributed by atoms with Gasteiger partial charge in [0.2, 0.25) is 15.8 Å². The van der Waals surface area contributed by atoms with Crippen LogP contribution in [0.2, 0.25) is 0 Å². The van der Waals surface area contributed by atoms with E-state index < -0.39 is 25.3 Å². The molecule has 0 atom stereocenters. The molecule has 3 aromatic rings. The van der Waals surface area contributed by atoms with E-state index in [-0.39, 0.29) is 22.2 Å². The van der Waals surface area contributed by atoms with E-state index in [0.717, 1.165) is 11.3 Å². The third-order valence-corrected chi connectivity index (χ3v) is 8.98. The Morgan fingerprint density at radius 1 is 0.971 bits per heavy atom. The van der Waals surface area contributed by atoms with E-state index in [1.165, 1.54) is 18.2 Å². The van der Waals surface area contributed by atoms with Gasteiger partial charge in [-0.25, -0.2) is 22.0 Å². The van der Waals surface area contributed by atoms with E-state index >= 15 is 0 Å². The Labute approximate surface area is 195 Å². The molecule has 0 spiro atoms. The minimum atomic E-state index is -4.07. The van der Waals surface area contributed by atoms with Crippen molar-refractivity contribution in [2.75, 3.05) is 18.0 Å². The number of aromatic nitrogens is 4. The number of carbonyl (C=O) groups is 1. The Morgan fingerprint density at radius 2 is 1.68 bits per heavy atom. The Hall–Kier alpha value is -3.36. The predicted molar refractivity (Wildman–Crippen MR) is 122 cm³/mol. The largest absolute Gasteiger partial charge is 0.371 e. The molecule has 0 unspecified atom stereocenters. The van der Waals surface area contributed by atoms with E-state index in [2.05, 4.69) is 25.6 Å². The number of benzene rings is 2. The minimum absolute atomic E-state index is 0.0716. The van der Waals surface area contributed by atoms with Crippen molar-refractivity contribution in [2.24, 2.45) is 5.14 Å². The van der Waals surface area contributed by atoms with E-state index in [4.69, 9.17) is 5.14 Å². The molecule has 12 nitrogen and oxygen atoms in total. The van der Waals surface area contributed by atoms with Crippen molar-refractivity contribution in [2.45, 2.75) is 29.5 Å². The van der Waals surface area contributed by atoms with Crippen LogP contribution in [0.25, 0.3) is 11.4 Å². The Balaban J connectivity index is 1.36. The topological polar surface area (TPSA) is 170 Å². The van der Waals surface area contributed by atoms with Gasteiger partial charge in [0.25, 0.3) is 15.9 Å². The van der Waals surface area contributed by atoms with Gasteiger partial charge in [-0.2, -0.15) is 0 Å². The van der Waals surface area contributed by atoms with Gasteiger partial charge in [0, 0.05) is 42.0 Å². The number of anilines is 1. The van der Waals surface area contributed by atoms with Crippen LogP contribution in [0.3, 0.4) is 0 Å². The third-order valence-electron chi connectivity index (χ3n) is 6.08. The summed E-state index contributed by atoms with van der Waals surface area (Å²) < 4.78 is 50.6. The highest BCUT2D eigenvalue weighted by molar-refractivity contribution is 7.90. The number of nitrogens with one attached hydrogen (secondary N) is 1. The van der Waals surface area contributed by atoms with E-state index in [1.807, 2.05) is 12.1 Å². The standard InChI is InChI=1S/C20H21N7O5S2/c21-33(29,30)18-7-2-1-4-15(18)19-23-25-27(24-19)34(31,32)13-8-10-26(11-9-13)17-6-3-5-14-16(17)12-22-20(14)28/h1-7,13H,8-12H2,(H,22,28)(H2,21,29,30). The first-order valence-corrected chi connectivity index (χ1v) is 13.5. The first-order chi connectivity index (χ1) is 16.2. The number of sulfonamides is 1. The molecule has 0 bridgehead atoms. The van der Waals surface area contributed by atoms with Gasteiger partial charge in [-0.1, -0.05) is 18.2 Å². The van der Waals surface area contributed by atoms with Crippen LogP contribution in [0, 0.1) is 0 Å². The number of primary sulfonamides is 1. The quantitative estimate of drug-likeness (QED) is 0.489. The molecule has 1 saturated heterocycles. The lowest BCUT2D eigenvalue weighted by molar-refractivity contribution is 0.0965. The Morgan fingerprint density at radius 3 is 2.41 bits per heavy atom. The van der Waals surface area contributed by atoms with Crippen molar-refractivity contribution in [1.29, 1.82) is 0 Å². The van der Waals surface area contributed by atoms with Crippen molar-refractivity contribution in [3.05, 3.63) is 53.6 Å². The number of nitrogens with zero attached hydrogens (tertiary/aromatic N) is 5. The number of piperidine rings is 1. The maximum Gasteiger partial charge on any atom is 0.274 e. The highest BCUT2D eigenvalue weighted by Gasteiger charge is 2.35. The van der Waals surface area contributed by atoms with Crippen LogP contribution in [-0.2, 0) is 26.6 Å². The van der Waals surface area contributed by atoms with Gasteiger partial charge in [-0.3, -0.25) is 4.79 Å². The normalized spacial score (nSPS) is 17.0. The fourth-order valence-corrected chi connectivity index (χ4v) is 6.51. The fraction of sp³-hybridized carbons (Fsp3) is 0.300. The molecule has 5 rings (SSSR count). The number of rotatable bonds is 5. The van der Waals surface area contributed by atoms with E-state index in [0.29, 0.717) is 42.2 Å². The molecule has 2 aliphatic heterocycles. The number of hydrogen-bond acceptors (Lipinski definition) is 9. The Kier molecular flexibility index (Phi) is 5.37. The molecule has 178 valence electrons. The zero-order valence-electron chi connectivity index (χ0n) is 17.8. The first-order valence-electron chi connectivity index (χ1n) is 10.5. The van der Waals surface area contributed by atoms with Gasteiger partial charge in [-0.05, 0) is 46.5 Å². The third kappa shape index (κ3) is 3.82. The van der Waals surface area contributed by atoms with Gasteiger partial charge >= 0.3 is 0 Å². The zero-order valence-corrected chi connectivity index (χ0v) is 19.5. The van der Waals surface area contributed by atoms with Gasteiger partial charge in [0.05, 0.1) is 10.1 Å². The van der Waals surface area contributed by atoms with Crippen molar-refractivity contribution < 1.29 is 21.6 Å². The second-order valence-corrected chi connectivity index (χ2v) is 11.6. The van der Waals surface area contributed by atoms with Gasteiger partial charge in [0.1, 0.15) is 0 Å². The predicted octanol–water partition coefficient (Wildman–Crippen LogP) is 0.0778.